The quantitative estimate of drug-likeness (QED) is 0.533. The van der Waals surface area contributed by atoms with Crippen LogP contribution in [0.5, 0.6) is 0 Å². The zero-order valence-electron chi connectivity index (χ0n) is 18.3. The summed E-state index contributed by atoms with van der Waals surface area (Å²) in [4.78, 5) is 12.8. The van der Waals surface area contributed by atoms with Crippen LogP contribution in [0.25, 0.3) is 5.69 Å². The van der Waals surface area contributed by atoms with Crippen molar-refractivity contribution in [1.82, 2.24) is 14.1 Å². The van der Waals surface area contributed by atoms with Crippen molar-refractivity contribution in [2.75, 3.05) is 13.1 Å². The van der Waals surface area contributed by atoms with Gasteiger partial charge in [-0.1, -0.05) is 24.3 Å². The van der Waals surface area contributed by atoms with Crippen molar-refractivity contribution in [3.8, 4) is 5.69 Å². The van der Waals surface area contributed by atoms with E-state index in [1.54, 1.807) is 16.8 Å². The number of hydrogen-bond donors (Lipinski definition) is 0. The van der Waals surface area contributed by atoms with Gasteiger partial charge in [-0.15, -0.1) is 0 Å². The highest BCUT2D eigenvalue weighted by molar-refractivity contribution is 7.89. The molecule has 7 nitrogen and oxygen atoms in total. The third-order valence-corrected chi connectivity index (χ3v) is 7.83. The van der Waals surface area contributed by atoms with Gasteiger partial charge in [0.05, 0.1) is 16.5 Å². The van der Waals surface area contributed by atoms with Crippen LogP contribution in [-0.2, 0) is 26.2 Å². The number of aromatic nitrogens is 2. The number of aryl methyl sites for hydroxylation is 2. The third kappa shape index (κ3) is 4.76. The topological polar surface area (TPSA) is 81.5 Å². The van der Waals surface area contributed by atoms with Crippen molar-refractivity contribution in [2.45, 2.75) is 38.2 Å². The lowest BCUT2D eigenvalue weighted by atomic mass is 9.98. The molecule has 0 unspecified atom stereocenters. The van der Waals surface area contributed by atoms with Gasteiger partial charge in [0.15, 0.2) is 0 Å². The number of benzene rings is 2. The molecule has 0 atom stereocenters. The summed E-state index contributed by atoms with van der Waals surface area (Å²) >= 11 is 0. The van der Waals surface area contributed by atoms with Crippen molar-refractivity contribution in [2.24, 2.45) is 5.92 Å². The molecule has 8 heteroatoms. The van der Waals surface area contributed by atoms with Gasteiger partial charge in [-0.05, 0) is 68.1 Å². The first kappa shape index (κ1) is 22.2. The van der Waals surface area contributed by atoms with Crippen molar-refractivity contribution in [1.29, 1.82) is 0 Å². The second kappa shape index (κ2) is 9.26. The number of nitrogens with zero attached hydrogens (tertiary/aromatic N) is 3. The van der Waals surface area contributed by atoms with Crippen molar-refractivity contribution < 1.29 is 17.9 Å². The summed E-state index contributed by atoms with van der Waals surface area (Å²) < 4.78 is 34.6. The summed E-state index contributed by atoms with van der Waals surface area (Å²) in [5, 5.41) is 4.44. The van der Waals surface area contributed by atoms with Crippen LogP contribution in [0.15, 0.2) is 65.7 Å². The predicted octanol–water partition coefficient (Wildman–Crippen LogP) is 3.63. The standard InChI is InChI=1S/C24H27N3O4S/c1-18-8-9-23(16-19(18)2)32(29,30)26-13-10-20(11-14-26)24(28)31-17-21-12-15-27(25-21)22-6-4-3-5-7-22/h3-9,12,15-16,20H,10-11,13-14,17H2,1-2H3. The molecular weight excluding hydrogens is 426 g/mol. The fourth-order valence-electron chi connectivity index (χ4n) is 3.78. The van der Waals surface area contributed by atoms with Crippen LogP contribution in [0.4, 0.5) is 0 Å². The summed E-state index contributed by atoms with van der Waals surface area (Å²) in [7, 11) is -3.56. The normalized spacial score (nSPS) is 15.6. The monoisotopic (exact) mass is 453 g/mol. The van der Waals surface area contributed by atoms with Crippen molar-refractivity contribution in [3.05, 3.63) is 77.6 Å². The van der Waals surface area contributed by atoms with Crippen LogP contribution < -0.4 is 0 Å². The summed E-state index contributed by atoms with van der Waals surface area (Å²) in [5.41, 5.74) is 3.60. The highest BCUT2D eigenvalue weighted by Gasteiger charge is 2.33. The van der Waals surface area contributed by atoms with Crippen LogP contribution in [0.3, 0.4) is 0 Å². The highest BCUT2D eigenvalue weighted by Crippen LogP contribution is 2.26. The van der Waals surface area contributed by atoms with E-state index in [-0.39, 0.29) is 18.5 Å². The van der Waals surface area contributed by atoms with Crippen LogP contribution >= 0.6 is 0 Å². The molecule has 1 aliphatic rings. The Morgan fingerprint density at radius 3 is 2.44 bits per heavy atom. The summed E-state index contributed by atoms with van der Waals surface area (Å²) in [6.45, 7) is 4.56. The molecule has 0 saturated carbocycles. The molecule has 0 aliphatic carbocycles. The van der Waals surface area contributed by atoms with E-state index in [1.165, 1.54) is 4.31 Å². The maximum atomic E-state index is 13.0. The van der Waals surface area contributed by atoms with E-state index in [4.69, 9.17) is 4.74 Å². The molecule has 1 saturated heterocycles. The number of carbonyl (C=O) groups is 1. The zero-order chi connectivity index (χ0) is 22.7. The Labute approximate surface area is 188 Å². The molecule has 1 aromatic heterocycles. The van der Waals surface area contributed by atoms with Crippen molar-refractivity contribution >= 4 is 16.0 Å². The smallest absolute Gasteiger partial charge is 0.309 e. The van der Waals surface area contributed by atoms with E-state index in [0.717, 1.165) is 16.8 Å². The maximum Gasteiger partial charge on any atom is 0.309 e. The predicted molar refractivity (Wildman–Crippen MR) is 121 cm³/mol. The van der Waals surface area contributed by atoms with Gasteiger partial charge in [-0.3, -0.25) is 4.79 Å². The van der Waals surface area contributed by atoms with Crippen LogP contribution in [-0.4, -0.2) is 41.6 Å². The number of carbonyl (C=O) groups excluding carboxylic acids is 1. The Balaban J connectivity index is 1.31. The van der Waals surface area contributed by atoms with E-state index < -0.39 is 10.0 Å². The molecule has 1 aliphatic heterocycles. The van der Waals surface area contributed by atoms with Crippen LogP contribution in [0, 0.1) is 19.8 Å². The second-order valence-electron chi connectivity index (χ2n) is 8.12. The molecule has 0 spiro atoms. The Morgan fingerprint density at radius 2 is 1.75 bits per heavy atom. The van der Waals surface area contributed by atoms with Crippen LogP contribution in [0.2, 0.25) is 0 Å². The summed E-state index contributed by atoms with van der Waals surface area (Å²) in [6.07, 6.45) is 2.72. The number of esters is 1. The van der Waals surface area contributed by atoms with Gasteiger partial charge in [0, 0.05) is 19.3 Å². The first-order valence-corrected chi connectivity index (χ1v) is 12.1. The van der Waals surface area contributed by atoms with Gasteiger partial charge in [0.25, 0.3) is 0 Å². The van der Waals surface area contributed by atoms with Gasteiger partial charge < -0.3 is 4.74 Å². The number of sulfonamides is 1. The Hall–Kier alpha value is -2.97. The SMILES string of the molecule is Cc1ccc(S(=O)(=O)N2CCC(C(=O)OCc3ccn(-c4ccccc4)n3)CC2)cc1C. The average molecular weight is 454 g/mol. The van der Waals surface area contributed by atoms with E-state index in [2.05, 4.69) is 5.10 Å². The number of piperidine rings is 1. The van der Waals surface area contributed by atoms with Gasteiger partial charge in [0.1, 0.15) is 12.3 Å². The average Bonchev–Trinajstić information content (AvgIpc) is 3.29. The third-order valence-electron chi connectivity index (χ3n) is 5.93. The summed E-state index contributed by atoms with van der Waals surface area (Å²) in [5.74, 6) is -0.611. The molecule has 32 heavy (non-hydrogen) atoms. The molecule has 2 heterocycles. The van der Waals surface area contributed by atoms with E-state index >= 15 is 0 Å². The van der Waals surface area contributed by atoms with E-state index in [1.807, 2.05) is 62.5 Å². The fraction of sp³-hybridized carbons (Fsp3) is 0.333. The zero-order valence-corrected chi connectivity index (χ0v) is 19.1. The Bertz CT molecular complexity index is 1200. The maximum absolute atomic E-state index is 13.0. The fourth-order valence-corrected chi connectivity index (χ4v) is 5.34. The Morgan fingerprint density at radius 1 is 1.03 bits per heavy atom. The molecule has 168 valence electrons. The molecule has 4 rings (SSSR count). The minimum absolute atomic E-state index is 0.0970. The lowest BCUT2D eigenvalue weighted by Gasteiger charge is -2.30. The Kier molecular flexibility index (Phi) is 6.43. The van der Waals surface area contributed by atoms with Gasteiger partial charge in [-0.25, -0.2) is 13.1 Å². The largest absolute Gasteiger partial charge is 0.459 e. The highest BCUT2D eigenvalue weighted by atomic mass is 32.2. The molecule has 0 N–H and O–H groups in total. The summed E-state index contributed by atoms with van der Waals surface area (Å²) in [6, 6.07) is 16.7. The van der Waals surface area contributed by atoms with Crippen LogP contribution in [0.1, 0.15) is 29.7 Å². The van der Waals surface area contributed by atoms with Gasteiger partial charge in [0.2, 0.25) is 10.0 Å². The number of ether oxygens (including phenoxy) is 1. The molecule has 2 aromatic carbocycles. The lowest BCUT2D eigenvalue weighted by molar-refractivity contribution is -0.151. The minimum atomic E-state index is -3.56. The molecule has 3 aromatic rings. The number of para-hydroxylation sites is 1. The molecular formula is C24H27N3O4S. The van der Waals surface area contributed by atoms with Gasteiger partial charge in [-0.2, -0.15) is 9.40 Å². The first-order valence-electron chi connectivity index (χ1n) is 10.7. The van der Waals surface area contributed by atoms with Gasteiger partial charge >= 0.3 is 5.97 Å². The first-order chi connectivity index (χ1) is 15.3. The molecule has 0 bridgehead atoms. The second-order valence-corrected chi connectivity index (χ2v) is 10.1. The van der Waals surface area contributed by atoms with E-state index in [9.17, 15) is 13.2 Å². The van der Waals surface area contributed by atoms with Crippen molar-refractivity contribution in [3.63, 3.8) is 0 Å². The number of rotatable bonds is 6. The molecule has 1 fully saturated rings. The molecule has 0 radical (unpaired) electrons. The number of hydrogen-bond acceptors (Lipinski definition) is 5. The van der Waals surface area contributed by atoms with E-state index in [0.29, 0.717) is 36.5 Å². The minimum Gasteiger partial charge on any atom is -0.459 e. The molecule has 0 amide bonds. The lowest BCUT2D eigenvalue weighted by Crippen LogP contribution is -2.40.